The van der Waals surface area contributed by atoms with Crippen molar-refractivity contribution in [3.8, 4) is 12.3 Å². The van der Waals surface area contributed by atoms with Gasteiger partial charge in [0, 0.05) is 12.8 Å². The largest absolute Gasteiger partial charge is 0.466 e. The van der Waals surface area contributed by atoms with Crippen molar-refractivity contribution in [1.82, 2.24) is 0 Å². The van der Waals surface area contributed by atoms with E-state index in [-0.39, 0.29) is 11.9 Å². The Labute approximate surface area is 128 Å². The average molecular weight is 296 g/mol. The first kappa shape index (κ1) is 19.5. The average Bonchev–Trinajstić information content (AvgIpc) is 2.47. The van der Waals surface area contributed by atoms with Crippen LogP contribution in [-0.2, 0) is 19.1 Å². The molecule has 0 aromatic rings. The number of hydrogen-bond acceptors (Lipinski definition) is 4. The summed E-state index contributed by atoms with van der Waals surface area (Å²) in [6, 6.07) is 0. The first-order valence-electron chi connectivity index (χ1n) is 7.91. The summed E-state index contributed by atoms with van der Waals surface area (Å²) in [6.45, 7) is 4.19. The molecule has 0 aliphatic rings. The van der Waals surface area contributed by atoms with Crippen molar-refractivity contribution in [2.24, 2.45) is 0 Å². The maximum absolute atomic E-state index is 11.3. The fourth-order valence-electron chi connectivity index (χ4n) is 1.82. The molecule has 0 aromatic heterocycles. The minimum atomic E-state index is -0.440. The summed E-state index contributed by atoms with van der Waals surface area (Å²) in [5.74, 6) is 2.04. The van der Waals surface area contributed by atoms with Crippen molar-refractivity contribution in [2.45, 2.75) is 77.7 Å². The molecule has 1 atom stereocenters. The van der Waals surface area contributed by atoms with Gasteiger partial charge in [-0.3, -0.25) is 9.59 Å². The number of rotatable bonds is 12. The molecule has 4 nitrogen and oxygen atoms in total. The van der Waals surface area contributed by atoms with Gasteiger partial charge in [0.25, 0.3) is 0 Å². The molecule has 0 saturated carbocycles. The Morgan fingerprint density at radius 1 is 1.00 bits per heavy atom. The molecule has 0 amide bonds. The number of carbonyl (C=O) groups is 2. The molecule has 21 heavy (non-hydrogen) atoms. The second-order valence-electron chi connectivity index (χ2n) is 5.14. The van der Waals surface area contributed by atoms with Gasteiger partial charge in [0.15, 0.2) is 6.10 Å². The Morgan fingerprint density at radius 3 is 2.05 bits per heavy atom. The highest BCUT2D eigenvalue weighted by Gasteiger charge is 2.06. The quantitative estimate of drug-likeness (QED) is 0.313. The van der Waals surface area contributed by atoms with Gasteiger partial charge in [0.05, 0.1) is 6.61 Å². The van der Waals surface area contributed by atoms with Gasteiger partial charge in [-0.1, -0.05) is 38.5 Å². The molecule has 0 aliphatic heterocycles. The van der Waals surface area contributed by atoms with Crippen molar-refractivity contribution in [1.29, 1.82) is 0 Å². The van der Waals surface area contributed by atoms with Crippen LogP contribution in [0.25, 0.3) is 0 Å². The van der Waals surface area contributed by atoms with Gasteiger partial charge < -0.3 is 9.47 Å². The van der Waals surface area contributed by atoms with E-state index in [1.54, 1.807) is 6.92 Å². The lowest BCUT2D eigenvalue weighted by Crippen LogP contribution is -2.12. The summed E-state index contributed by atoms with van der Waals surface area (Å²) in [7, 11) is 0. The Bertz CT molecular complexity index is 330. The second-order valence-corrected chi connectivity index (χ2v) is 5.14. The van der Waals surface area contributed by atoms with E-state index in [1.165, 1.54) is 0 Å². The Hall–Kier alpha value is -1.50. The van der Waals surface area contributed by atoms with Crippen molar-refractivity contribution in [3.63, 3.8) is 0 Å². The topological polar surface area (TPSA) is 52.6 Å². The maximum Gasteiger partial charge on any atom is 0.307 e. The van der Waals surface area contributed by atoms with E-state index in [0.717, 1.165) is 44.9 Å². The van der Waals surface area contributed by atoms with E-state index in [2.05, 4.69) is 5.92 Å². The van der Waals surface area contributed by atoms with Gasteiger partial charge in [-0.05, 0) is 26.2 Å². The van der Waals surface area contributed by atoms with Crippen LogP contribution in [-0.4, -0.2) is 24.6 Å². The van der Waals surface area contributed by atoms with E-state index in [0.29, 0.717) is 19.4 Å². The molecule has 0 aliphatic carbocycles. The predicted octanol–water partition coefficient (Wildman–Crippen LogP) is 3.63. The Balaban J connectivity index is 3.31. The molecule has 0 fully saturated rings. The summed E-state index contributed by atoms with van der Waals surface area (Å²) in [6.07, 6.45) is 12.4. The molecular formula is C17H28O4. The third-order valence-corrected chi connectivity index (χ3v) is 3.02. The Kier molecular flexibility index (Phi) is 12.5. The summed E-state index contributed by atoms with van der Waals surface area (Å²) in [5, 5.41) is 0. The first-order valence-corrected chi connectivity index (χ1v) is 7.91. The van der Waals surface area contributed by atoms with Crippen LogP contribution in [0.3, 0.4) is 0 Å². The van der Waals surface area contributed by atoms with Gasteiger partial charge in [-0.15, -0.1) is 6.42 Å². The SMILES string of the molecule is C#CC(C)OC(=O)CCCCCCCCC(=O)OCCC. The molecule has 120 valence electrons. The molecular weight excluding hydrogens is 268 g/mol. The summed E-state index contributed by atoms with van der Waals surface area (Å²) < 4.78 is 9.98. The Morgan fingerprint density at radius 2 is 1.52 bits per heavy atom. The van der Waals surface area contributed by atoms with Gasteiger partial charge in [0.1, 0.15) is 0 Å². The molecule has 0 heterocycles. The molecule has 0 saturated heterocycles. The summed E-state index contributed by atoms with van der Waals surface area (Å²) >= 11 is 0. The van der Waals surface area contributed by atoms with E-state index in [9.17, 15) is 9.59 Å². The minimum absolute atomic E-state index is 0.0952. The highest BCUT2D eigenvalue weighted by atomic mass is 16.5. The molecule has 0 rings (SSSR count). The zero-order valence-electron chi connectivity index (χ0n) is 13.4. The predicted molar refractivity (Wildman–Crippen MR) is 82.6 cm³/mol. The fourth-order valence-corrected chi connectivity index (χ4v) is 1.82. The molecule has 0 aromatic carbocycles. The number of hydrogen-bond donors (Lipinski definition) is 0. The fraction of sp³-hybridized carbons (Fsp3) is 0.765. The maximum atomic E-state index is 11.3. The summed E-state index contributed by atoms with van der Waals surface area (Å²) in [4.78, 5) is 22.6. The van der Waals surface area contributed by atoms with E-state index in [4.69, 9.17) is 15.9 Å². The molecule has 0 bridgehead atoms. The van der Waals surface area contributed by atoms with Gasteiger partial charge >= 0.3 is 11.9 Å². The van der Waals surface area contributed by atoms with Crippen LogP contribution in [0, 0.1) is 12.3 Å². The highest BCUT2D eigenvalue weighted by molar-refractivity contribution is 5.69. The molecule has 0 N–H and O–H groups in total. The lowest BCUT2D eigenvalue weighted by atomic mass is 10.1. The van der Waals surface area contributed by atoms with Gasteiger partial charge in [-0.25, -0.2) is 0 Å². The monoisotopic (exact) mass is 296 g/mol. The number of terminal acetylenes is 1. The number of esters is 2. The van der Waals surface area contributed by atoms with E-state index in [1.807, 2.05) is 6.92 Å². The molecule has 0 spiro atoms. The molecule has 1 unspecified atom stereocenters. The van der Waals surface area contributed by atoms with E-state index >= 15 is 0 Å². The van der Waals surface area contributed by atoms with E-state index < -0.39 is 6.10 Å². The van der Waals surface area contributed by atoms with Crippen LogP contribution in [0.15, 0.2) is 0 Å². The number of unbranched alkanes of at least 4 members (excludes halogenated alkanes) is 5. The summed E-state index contributed by atoms with van der Waals surface area (Å²) in [5.41, 5.74) is 0. The second kappa shape index (κ2) is 13.5. The van der Waals surface area contributed by atoms with Crippen LogP contribution >= 0.6 is 0 Å². The van der Waals surface area contributed by atoms with Crippen molar-refractivity contribution < 1.29 is 19.1 Å². The van der Waals surface area contributed by atoms with Crippen LogP contribution in [0.4, 0.5) is 0 Å². The van der Waals surface area contributed by atoms with Crippen LogP contribution in [0.2, 0.25) is 0 Å². The third kappa shape index (κ3) is 13.2. The van der Waals surface area contributed by atoms with Crippen LogP contribution in [0.5, 0.6) is 0 Å². The van der Waals surface area contributed by atoms with Crippen molar-refractivity contribution in [3.05, 3.63) is 0 Å². The van der Waals surface area contributed by atoms with Crippen LogP contribution in [0.1, 0.15) is 71.6 Å². The molecule has 0 radical (unpaired) electrons. The van der Waals surface area contributed by atoms with Crippen LogP contribution < -0.4 is 0 Å². The number of ether oxygens (including phenoxy) is 2. The van der Waals surface area contributed by atoms with Gasteiger partial charge in [-0.2, -0.15) is 0 Å². The third-order valence-electron chi connectivity index (χ3n) is 3.02. The lowest BCUT2D eigenvalue weighted by molar-refractivity contribution is -0.146. The zero-order chi connectivity index (χ0) is 15.9. The minimum Gasteiger partial charge on any atom is -0.466 e. The smallest absolute Gasteiger partial charge is 0.307 e. The lowest BCUT2D eigenvalue weighted by Gasteiger charge is -2.06. The van der Waals surface area contributed by atoms with Gasteiger partial charge in [0.2, 0.25) is 0 Å². The first-order chi connectivity index (χ1) is 10.1. The highest BCUT2D eigenvalue weighted by Crippen LogP contribution is 2.10. The van der Waals surface area contributed by atoms with Crippen molar-refractivity contribution in [2.75, 3.05) is 6.61 Å². The number of carbonyl (C=O) groups excluding carboxylic acids is 2. The molecule has 4 heteroatoms. The standard InChI is InChI=1S/C17H28O4/c1-4-14-20-16(18)12-10-8-6-7-9-11-13-17(19)21-15(3)5-2/h2,15H,4,6-14H2,1,3H3. The zero-order valence-corrected chi connectivity index (χ0v) is 13.4. The normalized spacial score (nSPS) is 11.5. The van der Waals surface area contributed by atoms with Crippen molar-refractivity contribution >= 4 is 11.9 Å².